The van der Waals surface area contributed by atoms with E-state index < -0.39 is 6.97 Å². The Labute approximate surface area is 267 Å². The van der Waals surface area contributed by atoms with Crippen molar-refractivity contribution in [2.24, 2.45) is 0 Å². The molecule has 0 aliphatic carbocycles. The van der Waals surface area contributed by atoms with Crippen LogP contribution in [0.2, 0.25) is 0 Å². The summed E-state index contributed by atoms with van der Waals surface area (Å²) in [6, 6.07) is 7.53. The van der Waals surface area contributed by atoms with Crippen LogP contribution >= 0.6 is 0 Å². The average Bonchev–Trinajstić information content (AvgIpc) is 3.74. The minimum atomic E-state index is -4.15. The minimum Gasteiger partial charge on any atom is -0.495 e. The van der Waals surface area contributed by atoms with E-state index in [0.29, 0.717) is 106 Å². The summed E-state index contributed by atoms with van der Waals surface area (Å²) in [5.41, 5.74) is 6.27. The molecule has 0 amide bonds. The predicted molar refractivity (Wildman–Crippen MR) is 171 cm³/mol. The van der Waals surface area contributed by atoms with E-state index in [0.717, 1.165) is 26.9 Å². The van der Waals surface area contributed by atoms with E-state index in [1.807, 2.05) is 45.0 Å². The standard InChI is InChI=1S/C32H41BF2N6O5/c1-22-18-24(3)40-31(22)25(4)32-23(2)19-29(41(32)33(40,34)35)27-21-39(37-36-27)26-6-7-28(30(20-26)42-5)38-8-10-43-12-14-45-16-17-46-15-13-44-11-9-38/h6-7,18-21H,8-17H2,1-5H3. The first-order valence-electron chi connectivity index (χ1n) is 15.7. The van der Waals surface area contributed by atoms with E-state index in [-0.39, 0.29) is 0 Å². The first-order chi connectivity index (χ1) is 22.2. The van der Waals surface area contributed by atoms with Crippen LogP contribution in [0.5, 0.6) is 5.75 Å². The molecule has 246 valence electrons. The molecule has 0 radical (unpaired) electrons. The maximum atomic E-state index is 16.3. The fraction of sp³-hybridized carbons (Fsp3) is 0.469. The third kappa shape index (κ3) is 6.02. The second-order valence-corrected chi connectivity index (χ2v) is 11.7. The third-order valence-corrected chi connectivity index (χ3v) is 8.63. The average molecular weight is 639 g/mol. The van der Waals surface area contributed by atoms with Gasteiger partial charge in [-0.15, -0.1) is 5.10 Å². The minimum absolute atomic E-state index is 0.320. The van der Waals surface area contributed by atoms with E-state index in [9.17, 15) is 0 Å². The summed E-state index contributed by atoms with van der Waals surface area (Å²) in [4.78, 5) is 2.15. The molecule has 5 heterocycles. The molecule has 1 aromatic carbocycles. The number of ether oxygens (including phenoxy) is 5. The summed E-state index contributed by atoms with van der Waals surface area (Å²) in [7, 11) is 1.61. The molecule has 14 heteroatoms. The van der Waals surface area contributed by atoms with E-state index in [4.69, 9.17) is 23.7 Å². The van der Waals surface area contributed by atoms with Crippen LogP contribution in [0.4, 0.5) is 14.3 Å². The number of hydrogen-bond donors (Lipinski definition) is 0. The van der Waals surface area contributed by atoms with Gasteiger partial charge in [0, 0.05) is 42.1 Å². The fourth-order valence-electron chi connectivity index (χ4n) is 6.61. The van der Waals surface area contributed by atoms with Crippen LogP contribution in [0.25, 0.3) is 11.3 Å². The van der Waals surface area contributed by atoms with Crippen molar-refractivity contribution in [1.29, 1.82) is 0 Å². The van der Waals surface area contributed by atoms with Crippen molar-refractivity contribution in [2.45, 2.75) is 27.7 Å². The zero-order valence-corrected chi connectivity index (χ0v) is 27.1. The molecule has 0 N–H and O–H groups in total. The second-order valence-electron chi connectivity index (χ2n) is 11.7. The van der Waals surface area contributed by atoms with Gasteiger partial charge in [0.25, 0.3) is 0 Å². The Bertz CT molecular complexity index is 1680. The first-order valence-corrected chi connectivity index (χ1v) is 15.7. The molecule has 0 saturated carbocycles. The summed E-state index contributed by atoms with van der Waals surface area (Å²) >= 11 is 0. The largest absolute Gasteiger partial charge is 0.737 e. The van der Waals surface area contributed by atoms with E-state index >= 15 is 8.63 Å². The zero-order chi connectivity index (χ0) is 32.4. The lowest BCUT2D eigenvalue weighted by molar-refractivity contribution is -0.362. The Hall–Kier alpha value is -3.85. The van der Waals surface area contributed by atoms with Crippen LogP contribution in [0.3, 0.4) is 0 Å². The summed E-state index contributed by atoms with van der Waals surface area (Å²) in [5.74, 6) is 0.626. The van der Waals surface area contributed by atoms with Crippen LogP contribution < -0.4 is 9.64 Å². The number of aromatic nitrogens is 4. The zero-order valence-electron chi connectivity index (χ0n) is 27.1. The first kappa shape index (κ1) is 32.1. The summed E-state index contributed by atoms with van der Waals surface area (Å²) in [6.07, 6.45) is 3.45. The van der Waals surface area contributed by atoms with Crippen LogP contribution in [0, 0.1) is 13.8 Å². The number of allylic oxidation sites excluding steroid dienone is 3. The number of halogens is 2. The molecule has 6 rings (SSSR count). The molecule has 3 aliphatic rings. The Morgan fingerprint density at radius 2 is 1.50 bits per heavy atom. The fourth-order valence-corrected chi connectivity index (χ4v) is 6.61. The van der Waals surface area contributed by atoms with Crippen molar-refractivity contribution < 1.29 is 36.8 Å². The number of rotatable bonds is 4. The second kappa shape index (κ2) is 13.5. The number of methoxy groups -OCH3 is 1. The highest BCUT2D eigenvalue weighted by molar-refractivity contribution is 6.58. The lowest BCUT2D eigenvalue weighted by Gasteiger charge is -2.33. The van der Waals surface area contributed by atoms with Crippen molar-refractivity contribution in [1.82, 2.24) is 19.5 Å². The highest BCUT2D eigenvalue weighted by atomic mass is 19.2. The number of aryl methyl sites for hydroxylation is 2. The van der Waals surface area contributed by atoms with Crippen molar-refractivity contribution in [3.8, 4) is 11.4 Å². The van der Waals surface area contributed by atoms with Gasteiger partial charge in [-0.05, 0) is 57.2 Å². The smallest absolute Gasteiger partial charge is 0.495 e. The van der Waals surface area contributed by atoms with Crippen LogP contribution in [0.15, 0.2) is 47.8 Å². The van der Waals surface area contributed by atoms with Gasteiger partial charge in [0.15, 0.2) is 17.1 Å². The highest BCUT2D eigenvalue weighted by Gasteiger charge is 2.55. The van der Waals surface area contributed by atoms with Crippen LogP contribution in [0.1, 0.15) is 36.5 Å². The maximum absolute atomic E-state index is 16.3. The number of nitrogens with zero attached hydrogens (tertiary/aromatic N) is 6. The van der Waals surface area contributed by atoms with Gasteiger partial charge in [-0.1, -0.05) is 5.21 Å². The van der Waals surface area contributed by atoms with Gasteiger partial charge in [-0.2, -0.15) is 0 Å². The Balaban J connectivity index is 1.28. The number of anilines is 1. The van der Waals surface area contributed by atoms with Crippen LogP contribution in [-0.2, 0) is 18.9 Å². The van der Waals surface area contributed by atoms with Crippen molar-refractivity contribution in [3.05, 3.63) is 70.5 Å². The Morgan fingerprint density at radius 1 is 0.870 bits per heavy atom. The molecule has 2 aromatic heterocycles. The van der Waals surface area contributed by atoms with Crippen molar-refractivity contribution in [2.75, 3.05) is 78.0 Å². The summed E-state index contributed by atoms with van der Waals surface area (Å²) in [5, 5.41) is 8.69. The van der Waals surface area contributed by atoms with Gasteiger partial charge in [-0.25, -0.2) is 4.68 Å². The topological polar surface area (TPSA) is 88.0 Å². The molecular formula is C32H41BF2N6O5. The van der Waals surface area contributed by atoms with E-state index in [1.54, 1.807) is 31.0 Å². The highest BCUT2D eigenvalue weighted by Crippen LogP contribution is 2.41. The predicted octanol–water partition coefficient (Wildman–Crippen LogP) is 4.01. The lowest BCUT2D eigenvalue weighted by atomic mass is 9.86. The molecule has 1 fully saturated rings. The molecule has 11 nitrogen and oxygen atoms in total. The van der Waals surface area contributed by atoms with Gasteiger partial charge in [0.2, 0.25) is 0 Å². The maximum Gasteiger partial charge on any atom is 0.737 e. The molecule has 46 heavy (non-hydrogen) atoms. The van der Waals surface area contributed by atoms with Gasteiger partial charge in [0.1, 0.15) is 5.75 Å². The van der Waals surface area contributed by atoms with Crippen molar-refractivity contribution in [3.63, 3.8) is 0 Å². The molecule has 1 saturated heterocycles. The number of benzene rings is 1. The number of fused-ring (bicyclic) bond motifs is 2. The van der Waals surface area contributed by atoms with E-state index in [1.165, 1.54) is 4.48 Å². The molecular weight excluding hydrogens is 597 g/mol. The molecule has 0 spiro atoms. The Morgan fingerprint density at radius 3 is 2.13 bits per heavy atom. The van der Waals surface area contributed by atoms with Gasteiger partial charge in [-0.3, -0.25) is 0 Å². The van der Waals surface area contributed by atoms with Crippen molar-refractivity contribution >= 4 is 23.9 Å². The molecule has 0 atom stereocenters. The molecule has 3 aromatic rings. The van der Waals surface area contributed by atoms with Crippen LogP contribution in [-0.4, -0.2) is 110 Å². The summed E-state index contributed by atoms with van der Waals surface area (Å²) in [6.45, 7) is 8.52. The molecule has 0 bridgehead atoms. The normalized spacial score (nSPS) is 19.8. The molecule has 3 aliphatic heterocycles. The monoisotopic (exact) mass is 638 g/mol. The summed E-state index contributed by atoms with van der Waals surface area (Å²) < 4.78 is 65.0. The molecule has 0 unspecified atom stereocenters. The Kier molecular flexibility index (Phi) is 9.41. The van der Waals surface area contributed by atoms with Gasteiger partial charge < -0.3 is 46.2 Å². The van der Waals surface area contributed by atoms with Gasteiger partial charge >= 0.3 is 6.97 Å². The SMILES string of the molecule is COc1cc(-n2cc(C3=[N+]4C(=C(C)c5c(C)cc(C)n5[B-]4(F)F)C(C)=C3)nn2)ccc1N1CCOCCOCCOCCOCC1. The quantitative estimate of drug-likeness (QED) is 0.397. The van der Waals surface area contributed by atoms with Gasteiger partial charge in [0.05, 0.1) is 77.5 Å². The van der Waals surface area contributed by atoms with E-state index in [2.05, 4.69) is 15.2 Å². The third-order valence-electron chi connectivity index (χ3n) is 8.63. The lowest BCUT2D eigenvalue weighted by Crippen LogP contribution is -2.51. The number of hydrogen-bond acceptors (Lipinski definition) is 8.